The van der Waals surface area contributed by atoms with Crippen molar-refractivity contribution in [3.05, 3.63) is 29.3 Å². The van der Waals surface area contributed by atoms with Crippen molar-refractivity contribution < 1.29 is 14.3 Å². The molecule has 0 bridgehead atoms. The molecule has 0 saturated carbocycles. The molecule has 5 heteroatoms. The first-order valence-corrected chi connectivity index (χ1v) is 5.66. The minimum Gasteiger partial charge on any atom is -0.465 e. The van der Waals surface area contributed by atoms with E-state index in [0.717, 1.165) is 5.56 Å². The number of hydrogen-bond acceptors (Lipinski definition) is 4. The molecule has 1 aromatic rings. The van der Waals surface area contributed by atoms with E-state index in [2.05, 4.69) is 15.4 Å². The number of carbonyl (C=O) groups is 2. The number of aryl methyl sites for hydroxylation is 1. The Kier molecular flexibility index (Phi) is 4.85. The van der Waals surface area contributed by atoms with Crippen LogP contribution < -0.4 is 10.6 Å². The summed E-state index contributed by atoms with van der Waals surface area (Å²) in [6.45, 7) is 3.60. The highest BCUT2D eigenvalue weighted by Gasteiger charge is 2.13. The molecule has 2 N–H and O–H groups in total. The van der Waals surface area contributed by atoms with Crippen LogP contribution in [0.25, 0.3) is 0 Å². The minimum absolute atomic E-state index is 0.119. The first-order valence-electron chi connectivity index (χ1n) is 5.66. The third-order valence-corrected chi connectivity index (χ3v) is 2.73. The summed E-state index contributed by atoms with van der Waals surface area (Å²) in [6.07, 6.45) is 0. The van der Waals surface area contributed by atoms with Crippen LogP contribution in [-0.2, 0) is 9.53 Å². The van der Waals surface area contributed by atoms with Crippen LogP contribution in [0.15, 0.2) is 18.2 Å². The van der Waals surface area contributed by atoms with Gasteiger partial charge in [0.25, 0.3) is 0 Å². The third kappa shape index (κ3) is 3.30. The topological polar surface area (TPSA) is 67.4 Å². The van der Waals surface area contributed by atoms with Crippen LogP contribution in [0.1, 0.15) is 22.8 Å². The van der Waals surface area contributed by atoms with E-state index in [1.54, 1.807) is 32.2 Å². The van der Waals surface area contributed by atoms with Crippen LogP contribution in [-0.4, -0.2) is 32.1 Å². The maximum Gasteiger partial charge on any atom is 0.337 e. The first-order chi connectivity index (χ1) is 8.49. The van der Waals surface area contributed by atoms with Crippen LogP contribution in [0.3, 0.4) is 0 Å². The fourth-order valence-electron chi connectivity index (χ4n) is 1.42. The lowest BCUT2D eigenvalue weighted by Gasteiger charge is -2.13. The molecular formula is C13H18N2O3. The van der Waals surface area contributed by atoms with Gasteiger partial charge >= 0.3 is 5.97 Å². The van der Waals surface area contributed by atoms with E-state index in [-0.39, 0.29) is 17.9 Å². The number of rotatable bonds is 4. The zero-order valence-electron chi connectivity index (χ0n) is 11.0. The summed E-state index contributed by atoms with van der Waals surface area (Å²) in [6, 6.07) is 4.73. The molecule has 0 radical (unpaired) electrons. The largest absolute Gasteiger partial charge is 0.465 e. The summed E-state index contributed by atoms with van der Waals surface area (Å²) in [5.74, 6) is -0.508. The normalized spacial score (nSPS) is 11.8. The van der Waals surface area contributed by atoms with Gasteiger partial charge in [-0.05, 0) is 44.7 Å². The van der Waals surface area contributed by atoms with Crippen molar-refractivity contribution in [2.75, 3.05) is 19.5 Å². The van der Waals surface area contributed by atoms with Crippen molar-refractivity contribution >= 4 is 17.6 Å². The highest BCUT2D eigenvalue weighted by atomic mass is 16.5. The van der Waals surface area contributed by atoms with Crippen LogP contribution >= 0.6 is 0 Å². The molecule has 0 aliphatic heterocycles. The smallest absolute Gasteiger partial charge is 0.337 e. The molecule has 0 aromatic heterocycles. The van der Waals surface area contributed by atoms with E-state index in [4.69, 9.17) is 0 Å². The Bertz CT molecular complexity index is 458. The average Bonchev–Trinajstić information content (AvgIpc) is 2.38. The lowest BCUT2D eigenvalue weighted by atomic mass is 10.1. The van der Waals surface area contributed by atoms with Gasteiger partial charge in [0.2, 0.25) is 5.91 Å². The minimum atomic E-state index is -0.389. The molecule has 0 spiro atoms. The second-order valence-corrected chi connectivity index (χ2v) is 4.02. The molecule has 1 atom stereocenters. The summed E-state index contributed by atoms with van der Waals surface area (Å²) in [7, 11) is 3.05. The summed E-state index contributed by atoms with van der Waals surface area (Å²) in [5.41, 5.74) is 1.97. The molecular weight excluding hydrogens is 232 g/mol. The molecule has 18 heavy (non-hydrogen) atoms. The lowest BCUT2D eigenvalue weighted by molar-refractivity contribution is -0.117. The number of nitrogens with one attached hydrogen (secondary N) is 2. The molecule has 5 nitrogen and oxygen atoms in total. The Balaban J connectivity index is 2.86. The van der Waals surface area contributed by atoms with E-state index in [9.17, 15) is 9.59 Å². The second-order valence-electron chi connectivity index (χ2n) is 4.02. The number of amides is 1. The zero-order chi connectivity index (χ0) is 13.7. The van der Waals surface area contributed by atoms with Crippen LogP contribution in [0.4, 0.5) is 5.69 Å². The van der Waals surface area contributed by atoms with Gasteiger partial charge in [-0.3, -0.25) is 4.79 Å². The molecule has 1 aromatic carbocycles. The number of methoxy groups -OCH3 is 1. The molecule has 1 amide bonds. The Morgan fingerprint density at radius 1 is 1.33 bits per heavy atom. The molecule has 98 valence electrons. The molecule has 0 heterocycles. The van der Waals surface area contributed by atoms with Gasteiger partial charge in [-0.25, -0.2) is 4.79 Å². The number of ether oxygens (including phenoxy) is 1. The van der Waals surface area contributed by atoms with E-state index in [1.165, 1.54) is 7.11 Å². The number of esters is 1. The Labute approximate surface area is 107 Å². The first kappa shape index (κ1) is 14.2. The van der Waals surface area contributed by atoms with Crippen LogP contribution in [0.2, 0.25) is 0 Å². The maximum atomic E-state index is 11.7. The van der Waals surface area contributed by atoms with Crippen molar-refractivity contribution in [3.8, 4) is 0 Å². The quantitative estimate of drug-likeness (QED) is 0.791. The summed E-state index contributed by atoms with van der Waals surface area (Å²) < 4.78 is 4.63. The van der Waals surface area contributed by atoms with Gasteiger partial charge in [0.15, 0.2) is 0 Å². The molecule has 1 unspecified atom stereocenters. The number of likely N-dealkylation sites (N-methyl/N-ethyl adjacent to an activating group) is 1. The van der Waals surface area contributed by atoms with Gasteiger partial charge in [0, 0.05) is 5.69 Å². The second kappa shape index (κ2) is 6.16. The third-order valence-electron chi connectivity index (χ3n) is 2.73. The predicted octanol–water partition coefficient (Wildman–Crippen LogP) is 1.33. The summed E-state index contributed by atoms with van der Waals surface area (Å²) >= 11 is 0. The van der Waals surface area contributed by atoms with E-state index >= 15 is 0 Å². The SMILES string of the molecule is CNC(C)C(=O)Nc1ccc(C(=O)OC)cc1C. The van der Waals surface area contributed by atoms with Crippen molar-refractivity contribution in [3.63, 3.8) is 0 Å². The number of hydrogen-bond donors (Lipinski definition) is 2. The average molecular weight is 250 g/mol. The fraction of sp³-hybridized carbons (Fsp3) is 0.385. The lowest BCUT2D eigenvalue weighted by Crippen LogP contribution is -2.35. The van der Waals surface area contributed by atoms with Crippen molar-refractivity contribution in [1.29, 1.82) is 0 Å². The van der Waals surface area contributed by atoms with Gasteiger partial charge in [-0.1, -0.05) is 0 Å². The monoisotopic (exact) mass is 250 g/mol. The van der Waals surface area contributed by atoms with Crippen molar-refractivity contribution in [2.45, 2.75) is 19.9 Å². The predicted molar refractivity (Wildman–Crippen MR) is 69.7 cm³/mol. The Morgan fingerprint density at radius 2 is 2.00 bits per heavy atom. The summed E-state index contributed by atoms with van der Waals surface area (Å²) in [5, 5.41) is 5.65. The van der Waals surface area contributed by atoms with E-state index in [1.807, 2.05) is 6.92 Å². The summed E-state index contributed by atoms with van der Waals surface area (Å²) in [4.78, 5) is 23.0. The fourth-order valence-corrected chi connectivity index (χ4v) is 1.42. The molecule has 0 saturated heterocycles. The molecule has 0 aliphatic rings. The Hall–Kier alpha value is -1.88. The maximum absolute atomic E-state index is 11.7. The molecule has 0 aliphatic carbocycles. The molecule has 0 fully saturated rings. The van der Waals surface area contributed by atoms with Gasteiger partial charge < -0.3 is 15.4 Å². The number of anilines is 1. The van der Waals surface area contributed by atoms with Crippen LogP contribution in [0, 0.1) is 6.92 Å². The standard InChI is InChI=1S/C13H18N2O3/c1-8-7-10(13(17)18-4)5-6-11(8)15-12(16)9(2)14-3/h5-7,9,14H,1-4H3,(H,15,16). The van der Waals surface area contributed by atoms with Gasteiger partial charge in [-0.15, -0.1) is 0 Å². The highest BCUT2D eigenvalue weighted by Crippen LogP contribution is 2.17. The van der Waals surface area contributed by atoms with Crippen molar-refractivity contribution in [1.82, 2.24) is 5.32 Å². The Morgan fingerprint density at radius 3 is 2.50 bits per heavy atom. The van der Waals surface area contributed by atoms with Crippen LogP contribution in [0.5, 0.6) is 0 Å². The molecule has 1 rings (SSSR count). The van der Waals surface area contributed by atoms with Crippen molar-refractivity contribution in [2.24, 2.45) is 0 Å². The zero-order valence-corrected chi connectivity index (χ0v) is 11.0. The van der Waals surface area contributed by atoms with Gasteiger partial charge in [0.1, 0.15) is 0 Å². The van der Waals surface area contributed by atoms with E-state index < -0.39 is 0 Å². The van der Waals surface area contributed by atoms with Gasteiger partial charge in [0.05, 0.1) is 18.7 Å². The number of benzene rings is 1. The highest BCUT2D eigenvalue weighted by molar-refractivity contribution is 5.96. The number of carbonyl (C=O) groups excluding carboxylic acids is 2. The van der Waals surface area contributed by atoms with Gasteiger partial charge in [-0.2, -0.15) is 0 Å². The van der Waals surface area contributed by atoms with E-state index in [0.29, 0.717) is 11.3 Å².